The molecule has 0 radical (unpaired) electrons. The molecule has 0 unspecified atom stereocenters. The lowest BCUT2D eigenvalue weighted by molar-refractivity contribution is -0.141. The molecule has 0 aliphatic heterocycles. The molecule has 0 saturated heterocycles. The van der Waals surface area contributed by atoms with Crippen LogP contribution in [0.5, 0.6) is 0 Å². The first-order valence-electron chi connectivity index (χ1n) is 7.19. The second-order valence-electron chi connectivity index (χ2n) is 5.27. The van der Waals surface area contributed by atoms with Crippen molar-refractivity contribution in [3.05, 3.63) is 58.9 Å². The largest absolute Gasteiger partial charge is 0.433 e. The van der Waals surface area contributed by atoms with E-state index in [1.807, 2.05) is 0 Å². The van der Waals surface area contributed by atoms with E-state index in [-0.39, 0.29) is 28.1 Å². The molecule has 1 aromatic carbocycles. The number of halogens is 5. The quantitative estimate of drug-likeness (QED) is 0.464. The van der Waals surface area contributed by atoms with E-state index in [0.717, 1.165) is 23.9 Å². The van der Waals surface area contributed by atoms with Crippen LogP contribution >= 0.6 is 11.8 Å². The zero-order valence-corrected chi connectivity index (χ0v) is 14.0. The summed E-state index contributed by atoms with van der Waals surface area (Å²) in [5.74, 6) is -1.20. The fraction of sp³-hybridized carbons (Fsp3) is 0.188. The highest BCUT2D eigenvalue weighted by molar-refractivity contribution is 7.98. The van der Waals surface area contributed by atoms with Crippen LogP contribution in [0.25, 0.3) is 11.5 Å². The van der Waals surface area contributed by atoms with Gasteiger partial charge in [-0.25, -0.2) is 13.8 Å². The minimum absolute atomic E-state index is 0.0108. The first-order valence-corrected chi connectivity index (χ1v) is 8.17. The van der Waals surface area contributed by atoms with Gasteiger partial charge in [-0.1, -0.05) is 11.8 Å². The van der Waals surface area contributed by atoms with E-state index in [2.05, 4.69) is 15.2 Å². The Hall–Kier alpha value is -2.49. The molecule has 0 atom stereocenters. The van der Waals surface area contributed by atoms with Crippen molar-refractivity contribution < 1.29 is 26.4 Å². The SMILES string of the molecule is Cc1nc(C(F)(F)F)ccc1-c1nnc(SCc2cc(F)cc(F)c2)o1. The van der Waals surface area contributed by atoms with Gasteiger partial charge >= 0.3 is 6.18 Å². The Kier molecular flexibility index (Phi) is 4.94. The van der Waals surface area contributed by atoms with E-state index < -0.39 is 23.5 Å². The summed E-state index contributed by atoms with van der Waals surface area (Å²) in [6.45, 7) is 1.40. The van der Waals surface area contributed by atoms with Gasteiger partial charge in [-0.05, 0) is 36.8 Å². The van der Waals surface area contributed by atoms with E-state index in [4.69, 9.17) is 4.42 Å². The number of hydrogen-bond donors (Lipinski definition) is 0. The summed E-state index contributed by atoms with van der Waals surface area (Å²) in [6, 6.07) is 5.15. The molecule has 0 aliphatic carbocycles. The van der Waals surface area contributed by atoms with Crippen molar-refractivity contribution in [1.82, 2.24) is 15.2 Å². The Morgan fingerprint density at radius 2 is 1.73 bits per heavy atom. The molecule has 3 aromatic rings. The molecule has 0 fully saturated rings. The van der Waals surface area contributed by atoms with Gasteiger partial charge in [0.05, 0.1) is 11.3 Å². The van der Waals surface area contributed by atoms with Crippen LogP contribution in [0, 0.1) is 18.6 Å². The molecule has 10 heteroatoms. The molecule has 4 nitrogen and oxygen atoms in total. The van der Waals surface area contributed by atoms with Crippen LogP contribution in [-0.4, -0.2) is 15.2 Å². The first-order chi connectivity index (χ1) is 12.2. The molecule has 0 N–H and O–H groups in total. The Morgan fingerprint density at radius 3 is 2.35 bits per heavy atom. The lowest BCUT2D eigenvalue weighted by Gasteiger charge is -2.07. The first kappa shape index (κ1) is 18.3. The average Bonchev–Trinajstić information content (AvgIpc) is 3.00. The Bertz CT molecular complexity index is 922. The van der Waals surface area contributed by atoms with Crippen molar-refractivity contribution >= 4 is 11.8 Å². The third kappa shape index (κ3) is 4.18. The number of hydrogen-bond acceptors (Lipinski definition) is 5. The van der Waals surface area contributed by atoms with Crippen LogP contribution in [0.3, 0.4) is 0 Å². The number of alkyl halides is 3. The molecule has 0 aliphatic rings. The van der Waals surface area contributed by atoms with Crippen LogP contribution in [0.2, 0.25) is 0 Å². The van der Waals surface area contributed by atoms with Crippen molar-refractivity contribution in [2.45, 2.75) is 24.1 Å². The van der Waals surface area contributed by atoms with Gasteiger partial charge in [0.15, 0.2) is 0 Å². The summed E-state index contributed by atoms with van der Waals surface area (Å²) in [5.41, 5.74) is -0.262. The number of aryl methyl sites for hydroxylation is 1. The molecule has 0 spiro atoms. The second-order valence-corrected chi connectivity index (χ2v) is 6.19. The predicted molar refractivity (Wildman–Crippen MR) is 83.2 cm³/mol. The van der Waals surface area contributed by atoms with E-state index in [1.54, 1.807) is 0 Å². The normalized spacial score (nSPS) is 11.8. The smallest absolute Gasteiger partial charge is 0.411 e. The van der Waals surface area contributed by atoms with Crippen molar-refractivity contribution in [3.8, 4) is 11.5 Å². The minimum atomic E-state index is -4.54. The highest BCUT2D eigenvalue weighted by Gasteiger charge is 2.33. The van der Waals surface area contributed by atoms with Crippen LogP contribution in [0.15, 0.2) is 40.0 Å². The van der Waals surface area contributed by atoms with Crippen LogP contribution in [0.1, 0.15) is 17.0 Å². The zero-order chi connectivity index (χ0) is 18.9. The third-order valence-electron chi connectivity index (χ3n) is 3.30. The molecule has 136 valence electrons. The molecule has 0 amide bonds. The lowest BCUT2D eigenvalue weighted by atomic mass is 10.2. The molecule has 2 aromatic heterocycles. The fourth-order valence-corrected chi connectivity index (χ4v) is 2.85. The maximum atomic E-state index is 13.2. The Morgan fingerprint density at radius 1 is 1.04 bits per heavy atom. The Balaban J connectivity index is 1.75. The number of benzene rings is 1. The topological polar surface area (TPSA) is 51.8 Å². The highest BCUT2D eigenvalue weighted by Crippen LogP contribution is 2.31. The fourth-order valence-electron chi connectivity index (χ4n) is 2.16. The summed E-state index contributed by atoms with van der Waals surface area (Å²) >= 11 is 1.05. The summed E-state index contributed by atoms with van der Waals surface area (Å²) in [6.07, 6.45) is -4.54. The number of pyridine rings is 1. The van der Waals surface area contributed by atoms with E-state index in [9.17, 15) is 22.0 Å². The van der Waals surface area contributed by atoms with E-state index >= 15 is 0 Å². The molecule has 0 saturated carbocycles. The molecular formula is C16H10F5N3OS. The predicted octanol–water partition coefficient (Wildman–Crippen LogP) is 5.03. The summed E-state index contributed by atoms with van der Waals surface area (Å²) < 4.78 is 69.7. The molecule has 26 heavy (non-hydrogen) atoms. The highest BCUT2D eigenvalue weighted by atomic mass is 32.2. The van der Waals surface area contributed by atoms with Gasteiger partial charge in [0.1, 0.15) is 17.3 Å². The van der Waals surface area contributed by atoms with Gasteiger partial charge in [-0.2, -0.15) is 13.2 Å². The number of thioether (sulfide) groups is 1. The van der Waals surface area contributed by atoms with Gasteiger partial charge in [0.25, 0.3) is 11.1 Å². The van der Waals surface area contributed by atoms with Gasteiger partial charge in [-0.3, -0.25) is 0 Å². The third-order valence-corrected chi connectivity index (χ3v) is 4.19. The van der Waals surface area contributed by atoms with E-state index in [0.29, 0.717) is 5.56 Å². The zero-order valence-electron chi connectivity index (χ0n) is 13.1. The number of nitrogens with zero attached hydrogens (tertiary/aromatic N) is 3. The standard InChI is InChI=1S/C16H10F5N3OS/c1-8-12(2-3-13(22-8)16(19,20)21)14-23-24-15(25-14)26-7-9-4-10(17)6-11(18)5-9/h2-6H,7H2,1H3. The number of rotatable bonds is 4. The van der Waals surface area contributed by atoms with Crippen molar-refractivity contribution in [1.29, 1.82) is 0 Å². The lowest BCUT2D eigenvalue weighted by Crippen LogP contribution is -2.08. The minimum Gasteiger partial charge on any atom is -0.411 e. The molecule has 0 bridgehead atoms. The van der Waals surface area contributed by atoms with E-state index in [1.165, 1.54) is 25.1 Å². The second kappa shape index (κ2) is 7.02. The maximum Gasteiger partial charge on any atom is 0.433 e. The maximum absolute atomic E-state index is 13.2. The van der Waals surface area contributed by atoms with Crippen LogP contribution in [-0.2, 0) is 11.9 Å². The monoisotopic (exact) mass is 387 g/mol. The van der Waals surface area contributed by atoms with Gasteiger partial charge < -0.3 is 4.42 Å². The van der Waals surface area contributed by atoms with Gasteiger partial charge in [0, 0.05) is 11.8 Å². The average molecular weight is 387 g/mol. The molecular weight excluding hydrogens is 377 g/mol. The molecule has 2 heterocycles. The van der Waals surface area contributed by atoms with Crippen molar-refractivity contribution in [2.24, 2.45) is 0 Å². The van der Waals surface area contributed by atoms with Gasteiger partial charge in [-0.15, -0.1) is 10.2 Å². The summed E-state index contributed by atoms with van der Waals surface area (Å²) in [5, 5.41) is 7.67. The van der Waals surface area contributed by atoms with Crippen LogP contribution < -0.4 is 0 Å². The summed E-state index contributed by atoms with van der Waals surface area (Å²) in [7, 11) is 0. The summed E-state index contributed by atoms with van der Waals surface area (Å²) in [4.78, 5) is 3.50. The Labute approximate surface area is 148 Å². The van der Waals surface area contributed by atoms with Crippen molar-refractivity contribution in [3.63, 3.8) is 0 Å². The van der Waals surface area contributed by atoms with Crippen molar-refractivity contribution in [2.75, 3.05) is 0 Å². The molecule has 3 rings (SSSR count). The number of aromatic nitrogens is 3. The van der Waals surface area contributed by atoms with Gasteiger partial charge in [0.2, 0.25) is 0 Å². The van der Waals surface area contributed by atoms with Crippen LogP contribution in [0.4, 0.5) is 22.0 Å².